The van der Waals surface area contributed by atoms with Gasteiger partial charge in [-0.3, -0.25) is 4.79 Å². The van der Waals surface area contributed by atoms with Crippen molar-refractivity contribution in [2.45, 2.75) is 41.9 Å². The van der Waals surface area contributed by atoms with Gasteiger partial charge in [-0.15, -0.1) is 0 Å². The summed E-state index contributed by atoms with van der Waals surface area (Å²) in [6.45, 7) is 1.99. The summed E-state index contributed by atoms with van der Waals surface area (Å²) >= 11 is 6.01. The summed E-state index contributed by atoms with van der Waals surface area (Å²) in [5, 5.41) is 3.23. The lowest BCUT2D eigenvalue weighted by Gasteiger charge is -2.31. The highest BCUT2D eigenvalue weighted by Crippen LogP contribution is 2.32. The first kappa shape index (κ1) is 27.8. The standard InChI is InChI=1S/C25H32ClN3O6S2/c1-35-23-9-6-21(26)18-24(23)37(33,34)29-16-11-20(12-17-29)25(30)27-13-10-19-4-7-22(8-5-19)36(31,32)28-14-2-3-15-28/h4-9,18,20H,2-3,10-17H2,1H3,(H,27,30). The van der Waals surface area contributed by atoms with Crippen LogP contribution in [0.5, 0.6) is 5.75 Å². The molecule has 2 aliphatic rings. The molecular weight excluding hydrogens is 538 g/mol. The van der Waals surface area contributed by atoms with E-state index in [0.717, 1.165) is 18.4 Å². The SMILES string of the molecule is COc1ccc(Cl)cc1S(=O)(=O)N1CCC(C(=O)NCCc2ccc(S(=O)(=O)N3CCCC3)cc2)CC1. The van der Waals surface area contributed by atoms with E-state index in [0.29, 0.717) is 48.8 Å². The van der Waals surface area contributed by atoms with Crippen LogP contribution in [0.25, 0.3) is 0 Å². The minimum Gasteiger partial charge on any atom is -0.495 e. The molecule has 2 aromatic rings. The molecule has 2 aromatic carbocycles. The van der Waals surface area contributed by atoms with E-state index < -0.39 is 20.0 Å². The summed E-state index contributed by atoms with van der Waals surface area (Å²) in [4.78, 5) is 13.0. The van der Waals surface area contributed by atoms with Crippen molar-refractivity contribution >= 4 is 37.6 Å². The Bertz CT molecular complexity index is 1320. The van der Waals surface area contributed by atoms with Crippen LogP contribution in [0.4, 0.5) is 0 Å². The third kappa shape index (κ3) is 6.28. The maximum atomic E-state index is 13.1. The molecule has 4 rings (SSSR count). The number of benzene rings is 2. The Morgan fingerprint density at radius 1 is 0.946 bits per heavy atom. The molecule has 12 heteroatoms. The molecule has 1 amide bonds. The third-order valence-electron chi connectivity index (χ3n) is 6.91. The topological polar surface area (TPSA) is 113 Å². The van der Waals surface area contributed by atoms with Gasteiger partial charge in [-0.25, -0.2) is 16.8 Å². The van der Waals surface area contributed by atoms with Gasteiger partial charge in [0.15, 0.2) is 0 Å². The Morgan fingerprint density at radius 2 is 1.57 bits per heavy atom. The summed E-state index contributed by atoms with van der Waals surface area (Å²) < 4.78 is 59.7. The molecule has 1 N–H and O–H groups in total. The number of methoxy groups -OCH3 is 1. The molecule has 0 unspecified atom stereocenters. The van der Waals surface area contributed by atoms with Crippen LogP contribution in [0.3, 0.4) is 0 Å². The lowest BCUT2D eigenvalue weighted by molar-refractivity contribution is -0.126. The van der Waals surface area contributed by atoms with Crippen molar-refractivity contribution in [3.05, 3.63) is 53.1 Å². The van der Waals surface area contributed by atoms with Crippen molar-refractivity contribution in [1.82, 2.24) is 13.9 Å². The molecule has 202 valence electrons. The fourth-order valence-corrected chi connectivity index (χ4v) is 8.13. The molecule has 0 radical (unpaired) electrons. The predicted octanol–water partition coefficient (Wildman–Crippen LogP) is 2.89. The van der Waals surface area contributed by atoms with Crippen molar-refractivity contribution in [3.8, 4) is 5.75 Å². The van der Waals surface area contributed by atoms with E-state index in [2.05, 4.69) is 5.32 Å². The van der Waals surface area contributed by atoms with E-state index in [4.69, 9.17) is 16.3 Å². The second kappa shape index (κ2) is 11.7. The Morgan fingerprint density at radius 3 is 2.19 bits per heavy atom. The van der Waals surface area contributed by atoms with Crippen LogP contribution in [0.1, 0.15) is 31.2 Å². The number of carbonyl (C=O) groups is 1. The van der Waals surface area contributed by atoms with Crippen LogP contribution in [-0.2, 0) is 31.3 Å². The second-order valence-electron chi connectivity index (χ2n) is 9.27. The number of hydrogen-bond donors (Lipinski definition) is 1. The number of sulfonamides is 2. The first-order valence-corrected chi connectivity index (χ1v) is 15.6. The average molecular weight is 570 g/mol. The van der Waals surface area contributed by atoms with E-state index in [1.54, 1.807) is 30.3 Å². The van der Waals surface area contributed by atoms with Gasteiger partial charge in [0.2, 0.25) is 26.0 Å². The van der Waals surface area contributed by atoms with Gasteiger partial charge in [-0.1, -0.05) is 23.7 Å². The quantitative estimate of drug-likeness (QED) is 0.497. The van der Waals surface area contributed by atoms with Crippen molar-refractivity contribution in [2.24, 2.45) is 5.92 Å². The zero-order valence-corrected chi connectivity index (χ0v) is 23.1. The first-order valence-electron chi connectivity index (χ1n) is 12.3. The van der Waals surface area contributed by atoms with Crippen molar-refractivity contribution in [1.29, 1.82) is 0 Å². The molecule has 2 heterocycles. The number of piperidine rings is 1. The zero-order chi connectivity index (χ0) is 26.6. The summed E-state index contributed by atoms with van der Waals surface area (Å²) in [6, 6.07) is 11.3. The van der Waals surface area contributed by atoms with E-state index in [9.17, 15) is 21.6 Å². The van der Waals surface area contributed by atoms with E-state index in [1.807, 2.05) is 0 Å². The number of halogens is 1. The molecule has 0 spiro atoms. The lowest BCUT2D eigenvalue weighted by Crippen LogP contribution is -2.43. The number of ether oxygens (including phenoxy) is 1. The second-order valence-corrected chi connectivity index (χ2v) is 13.6. The highest BCUT2D eigenvalue weighted by atomic mass is 35.5. The molecular formula is C25H32ClN3O6S2. The summed E-state index contributed by atoms with van der Waals surface area (Å²) in [6.07, 6.45) is 3.18. The van der Waals surface area contributed by atoms with Crippen LogP contribution < -0.4 is 10.1 Å². The van der Waals surface area contributed by atoms with Crippen LogP contribution in [-0.4, -0.2) is 71.2 Å². The molecule has 9 nitrogen and oxygen atoms in total. The van der Waals surface area contributed by atoms with Crippen LogP contribution >= 0.6 is 11.6 Å². The van der Waals surface area contributed by atoms with Gasteiger partial charge in [0.05, 0.1) is 12.0 Å². The molecule has 0 bridgehead atoms. The van der Waals surface area contributed by atoms with Crippen LogP contribution in [0, 0.1) is 5.92 Å². The Labute approximate surface area is 223 Å². The molecule has 2 fully saturated rings. The van der Waals surface area contributed by atoms with Crippen molar-refractivity contribution in [3.63, 3.8) is 0 Å². The smallest absolute Gasteiger partial charge is 0.246 e. The van der Waals surface area contributed by atoms with Gasteiger partial charge in [0.25, 0.3) is 0 Å². The largest absolute Gasteiger partial charge is 0.495 e. The number of carbonyl (C=O) groups excluding carboxylic acids is 1. The van der Waals surface area contributed by atoms with Gasteiger partial charge >= 0.3 is 0 Å². The number of nitrogens with zero attached hydrogens (tertiary/aromatic N) is 2. The number of rotatable bonds is 9. The van der Waals surface area contributed by atoms with Gasteiger partial charge < -0.3 is 10.1 Å². The molecule has 37 heavy (non-hydrogen) atoms. The molecule has 0 aromatic heterocycles. The average Bonchev–Trinajstić information content (AvgIpc) is 3.45. The summed E-state index contributed by atoms with van der Waals surface area (Å²) in [5.41, 5.74) is 0.928. The van der Waals surface area contributed by atoms with E-state index in [1.165, 1.54) is 27.9 Å². The van der Waals surface area contributed by atoms with E-state index in [-0.39, 0.29) is 35.6 Å². The minimum atomic E-state index is -3.80. The highest BCUT2D eigenvalue weighted by molar-refractivity contribution is 7.89. The minimum absolute atomic E-state index is 0.0182. The monoisotopic (exact) mass is 569 g/mol. The van der Waals surface area contributed by atoms with Gasteiger partial charge in [-0.2, -0.15) is 8.61 Å². The zero-order valence-electron chi connectivity index (χ0n) is 20.7. The third-order valence-corrected chi connectivity index (χ3v) is 11.0. The van der Waals surface area contributed by atoms with E-state index >= 15 is 0 Å². The first-order chi connectivity index (χ1) is 17.6. The fraction of sp³-hybridized carbons (Fsp3) is 0.480. The Kier molecular flexibility index (Phi) is 8.80. The predicted molar refractivity (Wildman–Crippen MR) is 141 cm³/mol. The number of hydrogen-bond acceptors (Lipinski definition) is 6. The molecule has 0 atom stereocenters. The number of nitrogens with one attached hydrogen (secondary N) is 1. The fourth-order valence-electron chi connectivity index (χ4n) is 4.73. The van der Waals surface area contributed by atoms with Gasteiger partial charge in [0, 0.05) is 43.7 Å². The molecule has 0 aliphatic carbocycles. The van der Waals surface area contributed by atoms with Gasteiger partial charge in [-0.05, 0) is 68.0 Å². The summed E-state index contributed by atoms with van der Waals surface area (Å²) in [7, 11) is -5.84. The summed E-state index contributed by atoms with van der Waals surface area (Å²) in [5.74, 6) is -0.155. The highest BCUT2D eigenvalue weighted by Gasteiger charge is 2.34. The van der Waals surface area contributed by atoms with Crippen LogP contribution in [0.15, 0.2) is 52.3 Å². The number of amides is 1. The maximum absolute atomic E-state index is 13.1. The Balaban J connectivity index is 1.26. The Hall–Kier alpha value is -2.18. The van der Waals surface area contributed by atoms with Crippen molar-refractivity contribution in [2.75, 3.05) is 39.8 Å². The lowest BCUT2D eigenvalue weighted by atomic mass is 9.97. The molecule has 2 aliphatic heterocycles. The van der Waals surface area contributed by atoms with Crippen molar-refractivity contribution < 1.29 is 26.4 Å². The van der Waals surface area contributed by atoms with Crippen LogP contribution in [0.2, 0.25) is 5.02 Å². The normalized spacial score (nSPS) is 18.1. The molecule has 0 saturated carbocycles. The molecule has 2 saturated heterocycles. The maximum Gasteiger partial charge on any atom is 0.246 e. The van der Waals surface area contributed by atoms with Gasteiger partial charge in [0.1, 0.15) is 10.6 Å².